The fourth-order valence-corrected chi connectivity index (χ4v) is 4.55. The third kappa shape index (κ3) is 3.81. The van der Waals surface area contributed by atoms with E-state index in [1.165, 1.54) is 0 Å². The molecular formula is C16H19N2O2P. The molecule has 0 heterocycles. The lowest BCUT2D eigenvalue weighted by molar-refractivity contribution is -0.119. The standard InChI is InChI=1S/C16H19N2O2P/c1-2-17-18-16(19)13-21(20,14-9-5-3-6-10-14)15-11-7-4-8-12-15/h3-12,17H,2,13H2,1H3,(H,18,19). The highest BCUT2D eigenvalue weighted by atomic mass is 31.2. The summed E-state index contributed by atoms with van der Waals surface area (Å²) < 4.78 is 13.5. The van der Waals surface area contributed by atoms with Crippen LogP contribution in [0.15, 0.2) is 60.7 Å². The van der Waals surface area contributed by atoms with Gasteiger partial charge in [0.25, 0.3) is 0 Å². The predicted octanol–water partition coefficient (Wildman–Crippen LogP) is 1.64. The summed E-state index contributed by atoms with van der Waals surface area (Å²) in [6, 6.07) is 18.4. The first kappa shape index (κ1) is 15.5. The van der Waals surface area contributed by atoms with Crippen LogP contribution in [0.1, 0.15) is 6.92 Å². The Labute approximate surface area is 124 Å². The van der Waals surface area contributed by atoms with Gasteiger partial charge in [0, 0.05) is 17.2 Å². The van der Waals surface area contributed by atoms with Crippen LogP contribution >= 0.6 is 7.14 Å². The average Bonchev–Trinajstić information content (AvgIpc) is 2.54. The highest BCUT2D eigenvalue weighted by Crippen LogP contribution is 2.42. The number of hydrogen-bond acceptors (Lipinski definition) is 3. The minimum atomic E-state index is -2.97. The van der Waals surface area contributed by atoms with Gasteiger partial charge >= 0.3 is 0 Å². The number of benzene rings is 2. The SMILES string of the molecule is CCNNC(=O)CP(=O)(c1ccccc1)c1ccccc1. The molecule has 0 bridgehead atoms. The van der Waals surface area contributed by atoms with Crippen molar-refractivity contribution in [2.24, 2.45) is 0 Å². The average molecular weight is 302 g/mol. The summed E-state index contributed by atoms with van der Waals surface area (Å²) in [5.74, 6) is -0.270. The maximum Gasteiger partial charge on any atom is 0.242 e. The Morgan fingerprint density at radius 3 is 1.86 bits per heavy atom. The Hall–Kier alpha value is -1.90. The first-order valence-corrected chi connectivity index (χ1v) is 8.78. The molecule has 0 aliphatic heterocycles. The van der Waals surface area contributed by atoms with Crippen molar-refractivity contribution in [1.29, 1.82) is 0 Å². The number of hydrazine groups is 1. The van der Waals surface area contributed by atoms with Gasteiger partial charge in [0.15, 0.2) is 7.14 Å². The maximum atomic E-state index is 13.5. The molecule has 0 aliphatic carbocycles. The molecule has 21 heavy (non-hydrogen) atoms. The van der Waals surface area contributed by atoms with Crippen LogP contribution in [0.5, 0.6) is 0 Å². The Morgan fingerprint density at radius 2 is 1.43 bits per heavy atom. The molecule has 110 valence electrons. The van der Waals surface area contributed by atoms with Crippen molar-refractivity contribution in [2.45, 2.75) is 6.92 Å². The third-order valence-corrected chi connectivity index (χ3v) is 6.11. The van der Waals surface area contributed by atoms with Crippen LogP contribution < -0.4 is 21.5 Å². The molecule has 0 saturated carbocycles. The normalized spacial score (nSPS) is 11.1. The third-order valence-electron chi connectivity index (χ3n) is 3.12. The Bertz CT molecular complexity index is 586. The smallest absolute Gasteiger partial charge is 0.242 e. The topological polar surface area (TPSA) is 58.2 Å². The number of carbonyl (C=O) groups is 1. The Morgan fingerprint density at radius 1 is 0.952 bits per heavy atom. The molecule has 0 fully saturated rings. The van der Waals surface area contributed by atoms with Crippen molar-refractivity contribution in [3.63, 3.8) is 0 Å². The zero-order chi connectivity index (χ0) is 15.1. The Balaban J connectivity index is 2.36. The predicted molar refractivity (Wildman–Crippen MR) is 86.4 cm³/mol. The van der Waals surface area contributed by atoms with Crippen molar-refractivity contribution in [1.82, 2.24) is 10.9 Å². The molecule has 4 nitrogen and oxygen atoms in total. The van der Waals surface area contributed by atoms with Crippen LogP contribution in [0.25, 0.3) is 0 Å². The van der Waals surface area contributed by atoms with Gasteiger partial charge in [-0.1, -0.05) is 67.6 Å². The van der Waals surface area contributed by atoms with Gasteiger partial charge in [0.1, 0.15) is 0 Å². The van der Waals surface area contributed by atoms with E-state index < -0.39 is 7.14 Å². The van der Waals surface area contributed by atoms with E-state index in [2.05, 4.69) is 10.9 Å². The van der Waals surface area contributed by atoms with Crippen molar-refractivity contribution in [3.05, 3.63) is 60.7 Å². The monoisotopic (exact) mass is 302 g/mol. The molecule has 0 radical (unpaired) electrons. The second-order valence-corrected chi connectivity index (χ2v) is 7.48. The number of nitrogens with one attached hydrogen (secondary N) is 2. The van der Waals surface area contributed by atoms with Gasteiger partial charge < -0.3 is 4.57 Å². The van der Waals surface area contributed by atoms with Gasteiger partial charge in [-0.2, -0.15) is 0 Å². The second-order valence-electron chi connectivity index (χ2n) is 4.65. The van der Waals surface area contributed by atoms with Crippen molar-refractivity contribution in [3.8, 4) is 0 Å². The zero-order valence-corrected chi connectivity index (χ0v) is 12.8. The fraction of sp³-hybridized carbons (Fsp3) is 0.188. The first-order valence-electron chi connectivity index (χ1n) is 6.89. The molecule has 2 aromatic rings. The minimum absolute atomic E-state index is 0.0476. The van der Waals surface area contributed by atoms with Crippen LogP contribution in [0.2, 0.25) is 0 Å². The molecule has 0 spiro atoms. The lowest BCUT2D eigenvalue weighted by atomic mass is 10.4. The molecule has 2 N–H and O–H groups in total. The number of amides is 1. The van der Waals surface area contributed by atoms with Gasteiger partial charge in [0.2, 0.25) is 5.91 Å². The van der Waals surface area contributed by atoms with Crippen LogP contribution in [-0.4, -0.2) is 18.6 Å². The molecule has 0 aromatic heterocycles. The summed E-state index contributed by atoms with van der Waals surface area (Å²) in [6.45, 7) is 2.50. The summed E-state index contributed by atoms with van der Waals surface area (Å²) in [5, 5.41) is 1.39. The minimum Gasteiger partial charge on any atom is -0.313 e. The van der Waals surface area contributed by atoms with Crippen molar-refractivity contribution in [2.75, 3.05) is 12.7 Å². The van der Waals surface area contributed by atoms with Crippen molar-refractivity contribution < 1.29 is 9.36 Å². The van der Waals surface area contributed by atoms with E-state index in [9.17, 15) is 9.36 Å². The first-order chi connectivity index (χ1) is 10.2. The van der Waals surface area contributed by atoms with Gasteiger partial charge in [-0.05, 0) is 0 Å². The van der Waals surface area contributed by atoms with Crippen molar-refractivity contribution >= 4 is 23.7 Å². The van der Waals surface area contributed by atoms with E-state index in [1.807, 2.05) is 67.6 Å². The van der Waals surface area contributed by atoms with Crippen LogP contribution in [0.4, 0.5) is 0 Å². The van der Waals surface area contributed by atoms with E-state index in [4.69, 9.17) is 0 Å². The van der Waals surface area contributed by atoms with Gasteiger partial charge in [0.05, 0.1) is 6.16 Å². The summed E-state index contributed by atoms with van der Waals surface area (Å²) in [4.78, 5) is 12.0. The Kier molecular flexibility index (Phi) is 5.32. The van der Waals surface area contributed by atoms with Crippen LogP contribution in [0, 0.1) is 0 Å². The second kappa shape index (κ2) is 7.21. The molecule has 0 unspecified atom stereocenters. The zero-order valence-electron chi connectivity index (χ0n) is 12.0. The summed E-state index contributed by atoms with van der Waals surface area (Å²) in [7, 11) is -2.97. The van der Waals surface area contributed by atoms with Gasteiger partial charge in [-0.25, -0.2) is 5.43 Å². The molecule has 2 aromatic carbocycles. The van der Waals surface area contributed by atoms with E-state index >= 15 is 0 Å². The lowest BCUT2D eigenvalue weighted by Crippen LogP contribution is -2.40. The highest BCUT2D eigenvalue weighted by Gasteiger charge is 2.29. The quantitative estimate of drug-likeness (QED) is 0.630. The molecule has 5 heteroatoms. The molecule has 1 amide bonds. The molecule has 2 rings (SSSR count). The fourth-order valence-electron chi connectivity index (χ4n) is 2.10. The van der Waals surface area contributed by atoms with E-state index in [1.54, 1.807) is 0 Å². The summed E-state index contributed by atoms with van der Waals surface area (Å²) in [5.41, 5.74) is 5.32. The number of rotatable bonds is 6. The van der Waals surface area contributed by atoms with E-state index in [-0.39, 0.29) is 12.1 Å². The molecule has 0 aliphatic rings. The highest BCUT2D eigenvalue weighted by molar-refractivity contribution is 7.79. The summed E-state index contributed by atoms with van der Waals surface area (Å²) >= 11 is 0. The molecule has 0 saturated heterocycles. The van der Waals surface area contributed by atoms with E-state index in [0.29, 0.717) is 17.2 Å². The number of carbonyl (C=O) groups excluding carboxylic acids is 1. The lowest BCUT2D eigenvalue weighted by Gasteiger charge is -2.19. The van der Waals surface area contributed by atoms with Crippen LogP contribution in [0.3, 0.4) is 0 Å². The maximum absolute atomic E-state index is 13.5. The molecule has 0 atom stereocenters. The summed E-state index contributed by atoms with van der Waals surface area (Å²) in [6.07, 6.45) is -0.0476. The number of hydrogen-bond donors (Lipinski definition) is 2. The van der Waals surface area contributed by atoms with Crippen LogP contribution in [-0.2, 0) is 9.36 Å². The van der Waals surface area contributed by atoms with E-state index in [0.717, 1.165) is 0 Å². The molecular weight excluding hydrogens is 283 g/mol. The van der Waals surface area contributed by atoms with Gasteiger partial charge in [-0.3, -0.25) is 10.2 Å². The largest absolute Gasteiger partial charge is 0.313 e. The van der Waals surface area contributed by atoms with Gasteiger partial charge in [-0.15, -0.1) is 0 Å².